The molecule has 32 heavy (non-hydrogen) atoms. The van der Waals surface area contributed by atoms with Crippen molar-refractivity contribution in [3.8, 4) is 5.75 Å². The molecule has 0 saturated heterocycles. The molecular weight excluding hydrogens is 454 g/mol. The van der Waals surface area contributed by atoms with E-state index in [0.717, 1.165) is 23.0 Å². The van der Waals surface area contributed by atoms with Gasteiger partial charge in [0.15, 0.2) is 0 Å². The van der Waals surface area contributed by atoms with Gasteiger partial charge in [0.05, 0.1) is 10.3 Å². The van der Waals surface area contributed by atoms with Crippen molar-refractivity contribution in [1.82, 2.24) is 13.9 Å². The molecule has 1 aliphatic heterocycles. The summed E-state index contributed by atoms with van der Waals surface area (Å²) in [6, 6.07) is 6.01. The van der Waals surface area contributed by atoms with E-state index < -0.39 is 16.0 Å². The molecule has 0 aliphatic carbocycles. The number of nitrogens with zero attached hydrogens (tertiary/aromatic N) is 3. The SMILES string of the molecule is Cc1c(C(=O)OCCOc2ccc(S(=O)(=O)N(C)C)cc2)sc2nc3n(c(=O)c12)CCC3. The molecule has 0 amide bonds. The van der Waals surface area contributed by atoms with Crippen LogP contribution in [0.25, 0.3) is 10.2 Å². The monoisotopic (exact) mass is 477 g/mol. The number of hydrogen-bond donors (Lipinski definition) is 0. The van der Waals surface area contributed by atoms with Crippen LogP contribution in [0.15, 0.2) is 34.0 Å². The predicted molar refractivity (Wildman–Crippen MR) is 120 cm³/mol. The molecule has 3 heterocycles. The molecule has 11 heteroatoms. The highest BCUT2D eigenvalue weighted by atomic mass is 32.2. The number of benzene rings is 1. The number of aromatic nitrogens is 2. The molecule has 0 atom stereocenters. The van der Waals surface area contributed by atoms with Crippen LogP contribution in [0.1, 0.15) is 27.5 Å². The van der Waals surface area contributed by atoms with Crippen LogP contribution in [-0.2, 0) is 27.7 Å². The molecule has 170 valence electrons. The number of carbonyl (C=O) groups is 1. The van der Waals surface area contributed by atoms with E-state index >= 15 is 0 Å². The number of aryl methyl sites for hydroxylation is 2. The van der Waals surface area contributed by atoms with E-state index in [1.165, 1.54) is 37.6 Å². The minimum Gasteiger partial charge on any atom is -0.490 e. The largest absolute Gasteiger partial charge is 0.490 e. The van der Waals surface area contributed by atoms with Gasteiger partial charge in [0.25, 0.3) is 5.56 Å². The molecule has 0 spiro atoms. The minimum absolute atomic E-state index is 0.00712. The third kappa shape index (κ3) is 4.03. The van der Waals surface area contributed by atoms with Gasteiger partial charge >= 0.3 is 5.97 Å². The average Bonchev–Trinajstić information content (AvgIpc) is 3.36. The Hall–Kier alpha value is -2.76. The summed E-state index contributed by atoms with van der Waals surface area (Å²) in [5.74, 6) is 0.705. The van der Waals surface area contributed by atoms with Crippen LogP contribution < -0.4 is 10.3 Å². The number of rotatable bonds is 7. The molecule has 1 aromatic carbocycles. The Bertz CT molecular complexity index is 1340. The fraction of sp³-hybridized carbons (Fsp3) is 0.381. The lowest BCUT2D eigenvalue weighted by Crippen LogP contribution is -2.22. The number of sulfonamides is 1. The second-order valence-electron chi connectivity index (χ2n) is 7.57. The van der Waals surface area contributed by atoms with Gasteiger partial charge in [-0.05, 0) is 43.2 Å². The Balaban J connectivity index is 1.38. The molecule has 9 nitrogen and oxygen atoms in total. The smallest absolute Gasteiger partial charge is 0.348 e. The van der Waals surface area contributed by atoms with Gasteiger partial charge in [0, 0.05) is 27.1 Å². The normalized spacial score (nSPS) is 13.5. The number of hydrogen-bond acceptors (Lipinski definition) is 8. The summed E-state index contributed by atoms with van der Waals surface area (Å²) in [6.45, 7) is 2.50. The molecule has 0 bridgehead atoms. The van der Waals surface area contributed by atoms with E-state index in [-0.39, 0.29) is 23.7 Å². The second-order valence-corrected chi connectivity index (χ2v) is 10.7. The number of thiophene rings is 1. The quantitative estimate of drug-likeness (QED) is 0.379. The van der Waals surface area contributed by atoms with Crippen LogP contribution in [0, 0.1) is 6.92 Å². The Morgan fingerprint density at radius 3 is 2.62 bits per heavy atom. The fourth-order valence-electron chi connectivity index (χ4n) is 3.55. The Kier molecular flexibility index (Phi) is 6.06. The van der Waals surface area contributed by atoms with Crippen molar-refractivity contribution in [3.63, 3.8) is 0 Å². The zero-order valence-corrected chi connectivity index (χ0v) is 19.6. The molecule has 0 fully saturated rings. The van der Waals surface area contributed by atoms with Crippen molar-refractivity contribution in [2.75, 3.05) is 27.3 Å². The van der Waals surface area contributed by atoms with Crippen molar-refractivity contribution in [2.45, 2.75) is 31.2 Å². The van der Waals surface area contributed by atoms with Gasteiger partial charge in [-0.2, -0.15) is 0 Å². The third-order valence-electron chi connectivity index (χ3n) is 5.28. The van der Waals surface area contributed by atoms with E-state index in [4.69, 9.17) is 9.47 Å². The summed E-state index contributed by atoms with van der Waals surface area (Å²) in [6.07, 6.45) is 1.67. The summed E-state index contributed by atoms with van der Waals surface area (Å²) >= 11 is 1.17. The first-order valence-corrected chi connectivity index (χ1v) is 12.3. The molecule has 1 aliphatic rings. The molecule has 0 radical (unpaired) electrons. The predicted octanol–water partition coefficient (Wildman–Crippen LogP) is 2.20. The van der Waals surface area contributed by atoms with Crippen molar-refractivity contribution in [2.24, 2.45) is 0 Å². The van der Waals surface area contributed by atoms with Crippen LogP contribution in [0.3, 0.4) is 0 Å². The highest BCUT2D eigenvalue weighted by Gasteiger charge is 2.24. The van der Waals surface area contributed by atoms with Crippen molar-refractivity contribution >= 4 is 37.5 Å². The molecule has 0 saturated carbocycles. The van der Waals surface area contributed by atoms with E-state index in [0.29, 0.717) is 33.0 Å². The van der Waals surface area contributed by atoms with Gasteiger partial charge in [0.1, 0.15) is 34.5 Å². The van der Waals surface area contributed by atoms with E-state index in [2.05, 4.69) is 4.98 Å². The summed E-state index contributed by atoms with van der Waals surface area (Å²) in [5.41, 5.74) is 0.492. The second kappa shape index (κ2) is 8.64. The first kappa shape index (κ1) is 22.4. The van der Waals surface area contributed by atoms with Gasteiger partial charge in [-0.1, -0.05) is 0 Å². The van der Waals surface area contributed by atoms with E-state index in [1.807, 2.05) is 0 Å². The fourth-order valence-corrected chi connectivity index (χ4v) is 5.53. The van der Waals surface area contributed by atoms with Crippen LogP contribution >= 0.6 is 11.3 Å². The summed E-state index contributed by atoms with van der Waals surface area (Å²) in [4.78, 5) is 30.9. The molecule has 4 rings (SSSR count). The molecule has 0 unspecified atom stereocenters. The average molecular weight is 478 g/mol. The topological polar surface area (TPSA) is 108 Å². The minimum atomic E-state index is -3.50. The lowest BCUT2D eigenvalue weighted by Gasteiger charge is -2.12. The van der Waals surface area contributed by atoms with Crippen molar-refractivity contribution in [3.05, 3.63) is 50.9 Å². The third-order valence-corrected chi connectivity index (χ3v) is 8.28. The Morgan fingerprint density at radius 2 is 1.94 bits per heavy atom. The zero-order chi connectivity index (χ0) is 23.0. The summed E-state index contributed by atoms with van der Waals surface area (Å²) < 4.78 is 37.8. The lowest BCUT2D eigenvalue weighted by molar-refractivity contribution is 0.0455. The maximum absolute atomic E-state index is 12.7. The zero-order valence-electron chi connectivity index (χ0n) is 18.0. The molecule has 0 N–H and O–H groups in total. The van der Waals surface area contributed by atoms with Crippen LogP contribution in [0.5, 0.6) is 5.75 Å². The first-order chi connectivity index (χ1) is 15.2. The highest BCUT2D eigenvalue weighted by Crippen LogP contribution is 2.29. The van der Waals surface area contributed by atoms with Crippen LogP contribution in [-0.4, -0.2) is 55.6 Å². The van der Waals surface area contributed by atoms with E-state index in [9.17, 15) is 18.0 Å². The summed E-state index contributed by atoms with van der Waals surface area (Å²) in [5, 5.41) is 0.483. The van der Waals surface area contributed by atoms with Crippen molar-refractivity contribution < 1.29 is 22.7 Å². The lowest BCUT2D eigenvalue weighted by atomic mass is 10.2. The standard InChI is InChI=1S/C21H23N3O6S2/c1-13-17-19(22-16-5-4-10-24(16)20(17)25)31-18(13)21(26)30-12-11-29-14-6-8-15(9-7-14)32(27,28)23(2)3/h6-9H,4-5,10-12H2,1-3H3. The Labute approximate surface area is 189 Å². The number of carbonyl (C=O) groups excluding carboxylic acids is 1. The van der Waals surface area contributed by atoms with E-state index in [1.54, 1.807) is 23.6 Å². The van der Waals surface area contributed by atoms with Gasteiger partial charge in [-0.3, -0.25) is 9.36 Å². The molecule has 2 aromatic heterocycles. The maximum Gasteiger partial charge on any atom is 0.348 e. The Morgan fingerprint density at radius 1 is 1.22 bits per heavy atom. The van der Waals surface area contributed by atoms with Crippen LogP contribution in [0.4, 0.5) is 0 Å². The first-order valence-electron chi connectivity index (χ1n) is 10.1. The van der Waals surface area contributed by atoms with Gasteiger partial charge in [-0.25, -0.2) is 22.5 Å². The molecule has 3 aromatic rings. The van der Waals surface area contributed by atoms with Gasteiger partial charge in [-0.15, -0.1) is 11.3 Å². The van der Waals surface area contributed by atoms with Crippen molar-refractivity contribution in [1.29, 1.82) is 0 Å². The number of esters is 1. The number of ether oxygens (including phenoxy) is 2. The van der Waals surface area contributed by atoms with Gasteiger partial charge < -0.3 is 9.47 Å². The van der Waals surface area contributed by atoms with Gasteiger partial charge in [0.2, 0.25) is 10.0 Å². The maximum atomic E-state index is 12.7. The highest BCUT2D eigenvalue weighted by molar-refractivity contribution is 7.89. The number of fused-ring (bicyclic) bond motifs is 2. The molecular formula is C21H23N3O6S2. The summed E-state index contributed by atoms with van der Waals surface area (Å²) in [7, 11) is -0.573. The van der Waals surface area contributed by atoms with Crippen LogP contribution in [0.2, 0.25) is 0 Å².